The smallest absolute Gasteiger partial charge is 0.150 e. The molecule has 2 atom stereocenters. The van der Waals surface area contributed by atoms with Crippen LogP contribution in [0.25, 0.3) is 0 Å². The van der Waals surface area contributed by atoms with Crippen LogP contribution in [0.1, 0.15) is 17.9 Å². The first kappa shape index (κ1) is 13.1. The minimum Gasteiger partial charge on any atom is -0.330 e. The number of benzene rings is 1. The zero-order valence-corrected chi connectivity index (χ0v) is 11.9. The second-order valence-electron chi connectivity index (χ2n) is 4.56. The fourth-order valence-corrected chi connectivity index (χ4v) is 4.78. The van der Waals surface area contributed by atoms with E-state index in [4.69, 9.17) is 5.73 Å². The van der Waals surface area contributed by atoms with Gasteiger partial charge in [-0.3, -0.25) is 0 Å². The van der Waals surface area contributed by atoms with Crippen molar-refractivity contribution in [3.05, 3.63) is 34.3 Å². The van der Waals surface area contributed by atoms with Crippen molar-refractivity contribution in [1.82, 2.24) is 0 Å². The molecule has 0 amide bonds. The second kappa shape index (κ2) is 5.08. The van der Waals surface area contributed by atoms with Crippen LogP contribution in [0.15, 0.2) is 28.7 Å². The van der Waals surface area contributed by atoms with Crippen molar-refractivity contribution in [3.63, 3.8) is 0 Å². The van der Waals surface area contributed by atoms with E-state index in [1.807, 2.05) is 24.3 Å². The van der Waals surface area contributed by atoms with Gasteiger partial charge in [-0.1, -0.05) is 28.1 Å². The average molecular weight is 318 g/mol. The third kappa shape index (κ3) is 3.09. The van der Waals surface area contributed by atoms with Crippen LogP contribution in [0.3, 0.4) is 0 Å². The fraction of sp³-hybridized carbons (Fsp3) is 0.500. The highest BCUT2D eigenvalue weighted by atomic mass is 79.9. The van der Waals surface area contributed by atoms with Crippen LogP contribution in [0, 0.1) is 5.92 Å². The third-order valence-corrected chi connectivity index (χ3v) is 5.65. The molecule has 3 nitrogen and oxygen atoms in total. The van der Waals surface area contributed by atoms with Crippen LogP contribution in [-0.2, 0) is 9.84 Å². The Kier molecular flexibility index (Phi) is 3.90. The van der Waals surface area contributed by atoms with Gasteiger partial charge in [-0.2, -0.15) is 0 Å². The molecule has 0 spiro atoms. The summed E-state index contributed by atoms with van der Waals surface area (Å²) >= 11 is 3.43. The molecule has 1 saturated heterocycles. The van der Waals surface area contributed by atoms with Crippen molar-refractivity contribution in [2.45, 2.75) is 12.3 Å². The molecule has 1 aliphatic heterocycles. The van der Waals surface area contributed by atoms with Gasteiger partial charge in [0, 0.05) is 4.47 Å². The van der Waals surface area contributed by atoms with Crippen molar-refractivity contribution in [2.75, 3.05) is 18.1 Å². The van der Waals surface area contributed by atoms with Gasteiger partial charge in [0.25, 0.3) is 0 Å². The first-order valence-electron chi connectivity index (χ1n) is 5.68. The van der Waals surface area contributed by atoms with E-state index in [1.165, 1.54) is 0 Å². The van der Waals surface area contributed by atoms with Crippen LogP contribution in [0.4, 0.5) is 0 Å². The van der Waals surface area contributed by atoms with Crippen LogP contribution >= 0.6 is 15.9 Å². The van der Waals surface area contributed by atoms with E-state index in [-0.39, 0.29) is 17.6 Å². The number of hydrogen-bond acceptors (Lipinski definition) is 3. The molecule has 0 aliphatic carbocycles. The lowest BCUT2D eigenvalue weighted by Gasteiger charge is -2.21. The Labute approximate surface area is 110 Å². The predicted molar refractivity (Wildman–Crippen MR) is 72.7 cm³/mol. The summed E-state index contributed by atoms with van der Waals surface area (Å²) in [6.07, 6.45) is 0.733. The van der Waals surface area contributed by atoms with Crippen LogP contribution in [0.2, 0.25) is 0 Å². The van der Waals surface area contributed by atoms with Crippen molar-refractivity contribution < 1.29 is 8.42 Å². The molecule has 1 aliphatic rings. The quantitative estimate of drug-likeness (QED) is 0.926. The van der Waals surface area contributed by atoms with E-state index in [0.29, 0.717) is 12.3 Å². The van der Waals surface area contributed by atoms with Crippen molar-refractivity contribution >= 4 is 25.8 Å². The molecule has 1 aromatic carbocycles. The Morgan fingerprint density at radius 1 is 1.47 bits per heavy atom. The highest BCUT2D eigenvalue weighted by Gasteiger charge is 2.33. The van der Waals surface area contributed by atoms with E-state index >= 15 is 0 Å². The molecule has 5 heteroatoms. The normalized spacial score (nSPS) is 24.7. The van der Waals surface area contributed by atoms with Gasteiger partial charge in [-0.15, -0.1) is 0 Å². The fourth-order valence-electron chi connectivity index (χ4n) is 2.48. The van der Waals surface area contributed by atoms with Crippen molar-refractivity contribution in [3.8, 4) is 0 Å². The number of rotatable bonds is 3. The first-order valence-corrected chi connectivity index (χ1v) is 8.29. The third-order valence-electron chi connectivity index (χ3n) is 3.37. The lowest BCUT2D eigenvalue weighted by atomic mass is 9.86. The van der Waals surface area contributed by atoms with E-state index in [0.717, 1.165) is 16.5 Å². The Hall–Kier alpha value is -0.390. The molecule has 1 fully saturated rings. The summed E-state index contributed by atoms with van der Waals surface area (Å²) in [7, 11) is -2.84. The molecule has 2 unspecified atom stereocenters. The molecular weight excluding hydrogens is 302 g/mol. The van der Waals surface area contributed by atoms with Crippen LogP contribution in [-0.4, -0.2) is 26.5 Å². The van der Waals surface area contributed by atoms with Gasteiger partial charge < -0.3 is 5.73 Å². The first-order chi connectivity index (χ1) is 8.02. The maximum absolute atomic E-state index is 11.5. The summed E-state index contributed by atoms with van der Waals surface area (Å²) in [5.41, 5.74) is 6.94. The molecule has 0 radical (unpaired) electrons. The maximum atomic E-state index is 11.5. The average Bonchev–Trinajstić information content (AvgIpc) is 2.60. The molecule has 94 valence electrons. The van der Waals surface area contributed by atoms with Gasteiger partial charge in [-0.05, 0) is 42.5 Å². The van der Waals surface area contributed by atoms with Gasteiger partial charge in [-0.25, -0.2) is 8.42 Å². The summed E-state index contributed by atoms with van der Waals surface area (Å²) in [5.74, 6) is 0.896. The van der Waals surface area contributed by atoms with Gasteiger partial charge in [0.05, 0.1) is 11.5 Å². The Balaban J connectivity index is 2.23. The molecule has 0 saturated carbocycles. The highest BCUT2D eigenvalue weighted by molar-refractivity contribution is 9.10. The Bertz CT molecular complexity index is 501. The largest absolute Gasteiger partial charge is 0.330 e. The minimum absolute atomic E-state index is 0.143. The van der Waals surface area contributed by atoms with E-state index in [2.05, 4.69) is 15.9 Å². The summed E-state index contributed by atoms with van der Waals surface area (Å²) in [6.45, 7) is 0.497. The minimum atomic E-state index is -2.84. The van der Waals surface area contributed by atoms with Gasteiger partial charge in [0.1, 0.15) is 0 Å². The second-order valence-corrected chi connectivity index (χ2v) is 7.70. The zero-order valence-electron chi connectivity index (χ0n) is 9.47. The monoisotopic (exact) mass is 317 g/mol. The van der Waals surface area contributed by atoms with Crippen molar-refractivity contribution in [1.29, 1.82) is 0 Å². The molecule has 0 aromatic heterocycles. The topological polar surface area (TPSA) is 60.2 Å². The predicted octanol–water partition coefficient (Wildman–Crippen LogP) is 1.93. The molecule has 1 aromatic rings. The van der Waals surface area contributed by atoms with E-state index in [9.17, 15) is 8.42 Å². The standard InChI is InChI=1S/C12H16BrNO2S/c13-11-3-1-2-9(6-11)12(7-14)10-4-5-17(15,16)8-10/h1-3,6,10,12H,4-5,7-8,14H2. The molecule has 17 heavy (non-hydrogen) atoms. The van der Waals surface area contributed by atoms with Gasteiger partial charge in [0.15, 0.2) is 9.84 Å². The van der Waals surface area contributed by atoms with E-state index in [1.54, 1.807) is 0 Å². The van der Waals surface area contributed by atoms with Crippen LogP contribution in [0.5, 0.6) is 0 Å². The lowest BCUT2D eigenvalue weighted by molar-refractivity contribution is 0.474. The van der Waals surface area contributed by atoms with Gasteiger partial charge >= 0.3 is 0 Å². The molecule has 0 bridgehead atoms. The summed E-state index contributed by atoms with van der Waals surface area (Å²) < 4.78 is 24.0. The SMILES string of the molecule is NCC(c1cccc(Br)c1)C1CCS(=O)(=O)C1. The molecule has 1 heterocycles. The van der Waals surface area contributed by atoms with Crippen LogP contribution < -0.4 is 5.73 Å². The van der Waals surface area contributed by atoms with Crippen molar-refractivity contribution in [2.24, 2.45) is 11.7 Å². The lowest BCUT2D eigenvalue weighted by Crippen LogP contribution is -2.22. The summed E-state index contributed by atoms with van der Waals surface area (Å²) in [4.78, 5) is 0. The zero-order chi connectivity index (χ0) is 12.5. The maximum Gasteiger partial charge on any atom is 0.150 e. The molecule has 2 N–H and O–H groups in total. The summed E-state index contributed by atoms with van der Waals surface area (Å²) in [5, 5.41) is 0. The Morgan fingerprint density at radius 3 is 2.76 bits per heavy atom. The number of nitrogens with two attached hydrogens (primary N) is 1. The Morgan fingerprint density at radius 2 is 2.24 bits per heavy atom. The number of halogens is 1. The number of sulfone groups is 1. The van der Waals surface area contributed by atoms with E-state index < -0.39 is 9.84 Å². The summed E-state index contributed by atoms with van der Waals surface area (Å²) in [6, 6.07) is 7.98. The molecule has 2 rings (SSSR count). The highest BCUT2D eigenvalue weighted by Crippen LogP contribution is 2.33. The van der Waals surface area contributed by atoms with Gasteiger partial charge in [0.2, 0.25) is 0 Å². The number of hydrogen-bond donors (Lipinski definition) is 1. The molecular formula is C12H16BrNO2S.